The van der Waals surface area contributed by atoms with E-state index in [-0.39, 0.29) is 16.9 Å². The van der Waals surface area contributed by atoms with E-state index in [2.05, 4.69) is 5.32 Å². The number of nitrogens with one attached hydrogen (secondary N) is 1. The average Bonchev–Trinajstić information content (AvgIpc) is 3.16. The van der Waals surface area contributed by atoms with Crippen molar-refractivity contribution in [2.45, 2.75) is 38.7 Å². The number of alkyl carbamates (subject to hydrolysis) is 1. The molecule has 1 saturated carbocycles. The molecule has 0 heterocycles. The predicted molar refractivity (Wildman–Crippen MR) is 83.0 cm³/mol. The topological polar surface area (TPSA) is 47.6 Å². The zero-order chi connectivity index (χ0) is 16.5. The Kier molecular flexibility index (Phi) is 4.85. The van der Waals surface area contributed by atoms with Crippen LogP contribution in [0.2, 0.25) is 5.02 Å². The molecule has 0 bridgehead atoms. The van der Waals surface area contributed by atoms with E-state index in [4.69, 9.17) is 21.1 Å². The molecule has 2 rings (SSSR count). The van der Waals surface area contributed by atoms with Crippen molar-refractivity contribution in [3.05, 3.63) is 28.5 Å². The molecule has 1 aliphatic carbocycles. The van der Waals surface area contributed by atoms with Crippen molar-refractivity contribution in [2.24, 2.45) is 5.92 Å². The first-order valence-electron chi connectivity index (χ1n) is 7.21. The minimum Gasteiger partial charge on any atom is -0.496 e. The zero-order valence-corrected chi connectivity index (χ0v) is 14.0. The molecule has 0 aliphatic heterocycles. The Labute approximate surface area is 134 Å². The quantitative estimate of drug-likeness (QED) is 0.904. The Hall–Kier alpha value is -1.49. The van der Waals surface area contributed by atoms with Crippen molar-refractivity contribution in [2.75, 3.05) is 13.7 Å². The average molecular weight is 330 g/mol. The Balaban J connectivity index is 1.93. The van der Waals surface area contributed by atoms with Gasteiger partial charge in [-0.2, -0.15) is 0 Å². The summed E-state index contributed by atoms with van der Waals surface area (Å²) < 4.78 is 23.9. The highest BCUT2D eigenvalue weighted by atomic mass is 35.5. The van der Waals surface area contributed by atoms with Crippen LogP contribution in [0.15, 0.2) is 12.1 Å². The highest BCUT2D eigenvalue weighted by Crippen LogP contribution is 2.50. The summed E-state index contributed by atoms with van der Waals surface area (Å²) in [4.78, 5) is 11.6. The first kappa shape index (κ1) is 16.9. The molecular formula is C16H21ClFNO3. The van der Waals surface area contributed by atoms with E-state index < -0.39 is 17.5 Å². The molecule has 22 heavy (non-hydrogen) atoms. The van der Waals surface area contributed by atoms with Crippen LogP contribution < -0.4 is 10.1 Å². The van der Waals surface area contributed by atoms with E-state index in [1.807, 2.05) is 20.8 Å². The van der Waals surface area contributed by atoms with E-state index in [1.54, 1.807) is 6.07 Å². The number of carbonyl (C=O) groups is 1. The van der Waals surface area contributed by atoms with Crippen molar-refractivity contribution in [3.8, 4) is 5.75 Å². The molecule has 6 heteroatoms. The largest absolute Gasteiger partial charge is 0.496 e. The second-order valence-corrected chi connectivity index (χ2v) is 6.90. The van der Waals surface area contributed by atoms with Gasteiger partial charge in [0.1, 0.15) is 17.2 Å². The summed E-state index contributed by atoms with van der Waals surface area (Å²) >= 11 is 5.84. The molecular weight excluding hydrogens is 309 g/mol. The molecule has 2 atom stereocenters. The van der Waals surface area contributed by atoms with E-state index in [9.17, 15) is 9.18 Å². The zero-order valence-electron chi connectivity index (χ0n) is 13.2. The number of carbonyl (C=O) groups excluding carboxylic acids is 1. The summed E-state index contributed by atoms with van der Waals surface area (Å²) in [5, 5.41) is 2.84. The van der Waals surface area contributed by atoms with Gasteiger partial charge < -0.3 is 14.8 Å². The summed E-state index contributed by atoms with van der Waals surface area (Å²) in [7, 11) is 1.50. The summed E-state index contributed by atoms with van der Waals surface area (Å²) in [5.74, 6) is 0.490. The Morgan fingerprint density at radius 1 is 1.45 bits per heavy atom. The molecule has 1 N–H and O–H groups in total. The van der Waals surface area contributed by atoms with Crippen LogP contribution in [0.5, 0.6) is 5.75 Å². The maximum absolute atomic E-state index is 13.5. The van der Waals surface area contributed by atoms with Crippen LogP contribution in [0.4, 0.5) is 9.18 Å². The standard InChI is InChI=1S/C16H21ClFNO3/c1-16(2,3)22-15(20)19-8-9-5-10(9)11-6-12(17)13(18)7-14(11)21-4/h6-7,9-10H,5,8H2,1-4H3,(H,19,20). The lowest BCUT2D eigenvalue weighted by Gasteiger charge is -2.19. The Morgan fingerprint density at radius 3 is 2.73 bits per heavy atom. The van der Waals surface area contributed by atoms with Crippen LogP contribution in [0.1, 0.15) is 38.7 Å². The number of ether oxygens (including phenoxy) is 2. The second kappa shape index (κ2) is 6.32. The summed E-state index contributed by atoms with van der Waals surface area (Å²) in [6, 6.07) is 2.90. The third-order valence-electron chi connectivity index (χ3n) is 3.50. The van der Waals surface area contributed by atoms with Gasteiger partial charge in [0.25, 0.3) is 0 Å². The van der Waals surface area contributed by atoms with E-state index >= 15 is 0 Å². The van der Waals surface area contributed by atoms with Crippen molar-refractivity contribution in [1.29, 1.82) is 0 Å². The van der Waals surface area contributed by atoms with Crippen molar-refractivity contribution in [3.63, 3.8) is 0 Å². The van der Waals surface area contributed by atoms with Gasteiger partial charge in [0.05, 0.1) is 12.1 Å². The lowest BCUT2D eigenvalue weighted by molar-refractivity contribution is 0.0525. The smallest absolute Gasteiger partial charge is 0.407 e. The molecule has 1 aliphatic rings. The van der Waals surface area contributed by atoms with Gasteiger partial charge in [-0.05, 0) is 50.7 Å². The maximum Gasteiger partial charge on any atom is 0.407 e. The molecule has 0 radical (unpaired) electrons. The fraction of sp³-hybridized carbons (Fsp3) is 0.562. The third kappa shape index (κ3) is 4.26. The first-order valence-corrected chi connectivity index (χ1v) is 7.59. The van der Waals surface area contributed by atoms with Gasteiger partial charge in [-0.3, -0.25) is 0 Å². The van der Waals surface area contributed by atoms with Gasteiger partial charge in [-0.15, -0.1) is 0 Å². The monoisotopic (exact) mass is 329 g/mol. The van der Waals surface area contributed by atoms with E-state index in [0.717, 1.165) is 12.0 Å². The van der Waals surface area contributed by atoms with E-state index in [1.165, 1.54) is 13.2 Å². The van der Waals surface area contributed by atoms with Gasteiger partial charge in [0.2, 0.25) is 0 Å². The number of methoxy groups -OCH3 is 1. The second-order valence-electron chi connectivity index (χ2n) is 6.49. The highest BCUT2D eigenvalue weighted by Gasteiger charge is 2.40. The van der Waals surface area contributed by atoms with Crippen molar-refractivity contribution < 1.29 is 18.7 Å². The van der Waals surface area contributed by atoms with Gasteiger partial charge in [-0.1, -0.05) is 11.6 Å². The van der Waals surface area contributed by atoms with Gasteiger partial charge >= 0.3 is 6.09 Å². The molecule has 122 valence electrons. The molecule has 0 saturated heterocycles. The molecule has 2 unspecified atom stereocenters. The number of benzene rings is 1. The van der Waals surface area contributed by atoms with Gasteiger partial charge in [-0.25, -0.2) is 9.18 Å². The third-order valence-corrected chi connectivity index (χ3v) is 3.79. The highest BCUT2D eigenvalue weighted by molar-refractivity contribution is 6.30. The van der Waals surface area contributed by atoms with Crippen LogP contribution in [-0.2, 0) is 4.74 Å². The molecule has 1 fully saturated rings. The number of amides is 1. The number of hydrogen-bond donors (Lipinski definition) is 1. The Morgan fingerprint density at radius 2 is 2.14 bits per heavy atom. The van der Waals surface area contributed by atoms with E-state index in [0.29, 0.717) is 12.3 Å². The summed E-state index contributed by atoms with van der Waals surface area (Å²) in [6.45, 7) is 5.96. The lowest BCUT2D eigenvalue weighted by Crippen LogP contribution is -2.33. The number of hydrogen-bond acceptors (Lipinski definition) is 3. The Bertz CT molecular complexity index is 571. The fourth-order valence-electron chi connectivity index (χ4n) is 2.39. The molecule has 4 nitrogen and oxygen atoms in total. The molecule has 0 aromatic heterocycles. The fourth-order valence-corrected chi connectivity index (χ4v) is 2.57. The maximum atomic E-state index is 13.5. The lowest BCUT2D eigenvalue weighted by atomic mass is 10.1. The van der Waals surface area contributed by atoms with Crippen molar-refractivity contribution in [1.82, 2.24) is 5.32 Å². The predicted octanol–water partition coefficient (Wildman–Crippen LogP) is 4.12. The van der Waals surface area contributed by atoms with Crippen LogP contribution in [0.25, 0.3) is 0 Å². The number of halogens is 2. The summed E-state index contributed by atoms with van der Waals surface area (Å²) in [5.41, 5.74) is 0.366. The molecule has 0 spiro atoms. The van der Waals surface area contributed by atoms with Crippen LogP contribution in [0.3, 0.4) is 0 Å². The van der Waals surface area contributed by atoms with Crippen molar-refractivity contribution >= 4 is 17.7 Å². The summed E-state index contributed by atoms with van der Waals surface area (Å²) in [6.07, 6.45) is 0.468. The van der Waals surface area contributed by atoms with Crippen LogP contribution >= 0.6 is 11.6 Å². The first-order chi connectivity index (χ1) is 10.2. The molecule has 1 aromatic rings. The normalized spacial score (nSPS) is 20.5. The van der Waals surface area contributed by atoms with Gasteiger partial charge in [0.15, 0.2) is 0 Å². The minimum absolute atomic E-state index is 0.0848. The minimum atomic E-state index is -0.513. The molecule has 1 amide bonds. The number of rotatable bonds is 4. The SMILES string of the molecule is COc1cc(F)c(Cl)cc1C1CC1CNC(=O)OC(C)(C)C. The van der Waals surface area contributed by atoms with Crippen LogP contribution in [0, 0.1) is 11.7 Å². The molecule has 1 aromatic carbocycles. The van der Waals surface area contributed by atoms with Gasteiger partial charge in [0, 0.05) is 12.6 Å². The van der Waals surface area contributed by atoms with Crippen LogP contribution in [-0.4, -0.2) is 25.3 Å².